The van der Waals surface area contributed by atoms with E-state index in [1.165, 1.54) is 0 Å². The Morgan fingerprint density at radius 2 is 2.05 bits per heavy atom. The largest absolute Gasteiger partial charge is 0.489 e. The molecule has 4 nitrogen and oxygen atoms in total. The van der Waals surface area contributed by atoms with E-state index in [1.807, 2.05) is 30.3 Å². The van der Waals surface area contributed by atoms with Crippen LogP contribution in [0.25, 0.3) is 0 Å². The second kappa shape index (κ2) is 6.54. The van der Waals surface area contributed by atoms with Crippen molar-refractivity contribution in [1.82, 2.24) is 4.98 Å². The molecule has 1 aromatic heterocycles. The van der Waals surface area contributed by atoms with Crippen LogP contribution in [0.5, 0.6) is 5.75 Å². The number of pyridine rings is 1. The van der Waals surface area contributed by atoms with Gasteiger partial charge in [-0.15, -0.1) is 0 Å². The SMILES string of the molecule is CCC(=O)Nc1cc(OCc2ccccc2)ccn1. The van der Waals surface area contributed by atoms with Gasteiger partial charge in [0.1, 0.15) is 18.2 Å². The molecule has 0 aliphatic carbocycles. The van der Waals surface area contributed by atoms with Crippen LogP contribution in [0, 0.1) is 0 Å². The van der Waals surface area contributed by atoms with Gasteiger partial charge in [-0.2, -0.15) is 0 Å². The van der Waals surface area contributed by atoms with Crippen molar-refractivity contribution >= 4 is 11.7 Å². The van der Waals surface area contributed by atoms with Gasteiger partial charge < -0.3 is 10.1 Å². The Hall–Kier alpha value is -2.36. The monoisotopic (exact) mass is 256 g/mol. The standard InChI is InChI=1S/C15H16N2O2/c1-2-15(18)17-14-10-13(8-9-16-14)19-11-12-6-4-3-5-7-12/h3-10H,2,11H2,1H3,(H,16,17,18). The van der Waals surface area contributed by atoms with Gasteiger partial charge in [0.15, 0.2) is 0 Å². The normalized spacial score (nSPS) is 9.95. The summed E-state index contributed by atoms with van der Waals surface area (Å²) in [6, 6.07) is 13.4. The van der Waals surface area contributed by atoms with Crippen LogP contribution in [0.4, 0.5) is 5.82 Å². The number of carbonyl (C=O) groups is 1. The predicted octanol–water partition coefficient (Wildman–Crippen LogP) is 3.01. The third-order valence-electron chi connectivity index (χ3n) is 2.57. The van der Waals surface area contributed by atoms with E-state index in [2.05, 4.69) is 10.3 Å². The first kappa shape index (κ1) is 13.1. The smallest absolute Gasteiger partial charge is 0.225 e. The van der Waals surface area contributed by atoms with Gasteiger partial charge in [0.25, 0.3) is 0 Å². The van der Waals surface area contributed by atoms with Crippen LogP contribution >= 0.6 is 0 Å². The van der Waals surface area contributed by atoms with Crippen molar-refractivity contribution in [2.45, 2.75) is 20.0 Å². The highest BCUT2D eigenvalue weighted by Crippen LogP contribution is 2.16. The van der Waals surface area contributed by atoms with Crippen molar-refractivity contribution < 1.29 is 9.53 Å². The number of aromatic nitrogens is 1. The summed E-state index contributed by atoms with van der Waals surface area (Å²) in [5.41, 5.74) is 1.10. The van der Waals surface area contributed by atoms with E-state index < -0.39 is 0 Å². The van der Waals surface area contributed by atoms with E-state index in [0.29, 0.717) is 24.6 Å². The van der Waals surface area contributed by atoms with Gasteiger partial charge in [-0.05, 0) is 11.6 Å². The molecule has 4 heteroatoms. The van der Waals surface area contributed by atoms with Crippen molar-refractivity contribution in [2.24, 2.45) is 0 Å². The molecular weight excluding hydrogens is 240 g/mol. The second-order valence-electron chi connectivity index (χ2n) is 4.05. The van der Waals surface area contributed by atoms with E-state index in [9.17, 15) is 4.79 Å². The lowest BCUT2D eigenvalue weighted by molar-refractivity contribution is -0.115. The molecular formula is C15H16N2O2. The molecule has 0 aliphatic heterocycles. The predicted molar refractivity (Wildman–Crippen MR) is 73.9 cm³/mol. The number of hydrogen-bond donors (Lipinski definition) is 1. The maximum Gasteiger partial charge on any atom is 0.225 e. The van der Waals surface area contributed by atoms with Crippen molar-refractivity contribution in [3.63, 3.8) is 0 Å². The Morgan fingerprint density at radius 3 is 2.79 bits per heavy atom. The summed E-state index contributed by atoms with van der Waals surface area (Å²) in [6.07, 6.45) is 2.04. The van der Waals surface area contributed by atoms with Gasteiger partial charge in [-0.3, -0.25) is 4.79 Å². The Bertz CT molecular complexity index is 541. The van der Waals surface area contributed by atoms with Gasteiger partial charge in [-0.25, -0.2) is 4.98 Å². The first-order chi connectivity index (χ1) is 9.28. The summed E-state index contributed by atoms with van der Waals surface area (Å²) < 4.78 is 5.66. The van der Waals surface area contributed by atoms with E-state index in [4.69, 9.17) is 4.74 Å². The molecule has 0 fully saturated rings. The number of nitrogens with zero attached hydrogens (tertiary/aromatic N) is 1. The summed E-state index contributed by atoms with van der Waals surface area (Å²) in [4.78, 5) is 15.4. The highest BCUT2D eigenvalue weighted by Gasteiger charge is 2.02. The third kappa shape index (κ3) is 4.10. The fourth-order valence-corrected chi connectivity index (χ4v) is 1.54. The molecule has 2 rings (SSSR count). The zero-order chi connectivity index (χ0) is 13.5. The van der Waals surface area contributed by atoms with Crippen molar-refractivity contribution in [3.05, 3.63) is 54.2 Å². The van der Waals surface area contributed by atoms with Gasteiger partial charge in [-0.1, -0.05) is 37.3 Å². The van der Waals surface area contributed by atoms with Crippen LogP contribution in [0.15, 0.2) is 48.7 Å². The van der Waals surface area contributed by atoms with Gasteiger partial charge in [0, 0.05) is 18.7 Å². The summed E-state index contributed by atoms with van der Waals surface area (Å²) in [7, 11) is 0. The lowest BCUT2D eigenvalue weighted by Gasteiger charge is -2.08. The lowest BCUT2D eigenvalue weighted by atomic mass is 10.2. The molecule has 2 aromatic rings. The number of benzene rings is 1. The fraction of sp³-hybridized carbons (Fsp3) is 0.200. The first-order valence-corrected chi connectivity index (χ1v) is 6.20. The average molecular weight is 256 g/mol. The number of ether oxygens (including phenoxy) is 1. The highest BCUT2D eigenvalue weighted by atomic mass is 16.5. The molecule has 1 N–H and O–H groups in total. The quantitative estimate of drug-likeness (QED) is 0.894. The Labute approximate surface area is 112 Å². The first-order valence-electron chi connectivity index (χ1n) is 6.20. The minimum absolute atomic E-state index is 0.0623. The van der Waals surface area contributed by atoms with Crippen LogP contribution in [-0.2, 0) is 11.4 Å². The molecule has 0 saturated carbocycles. The van der Waals surface area contributed by atoms with Crippen LogP contribution in [0.3, 0.4) is 0 Å². The summed E-state index contributed by atoms with van der Waals surface area (Å²) in [6.45, 7) is 2.29. The minimum Gasteiger partial charge on any atom is -0.489 e. The molecule has 0 unspecified atom stereocenters. The zero-order valence-electron chi connectivity index (χ0n) is 10.8. The summed E-state index contributed by atoms with van der Waals surface area (Å²) in [5, 5.41) is 2.70. The molecule has 19 heavy (non-hydrogen) atoms. The number of nitrogens with one attached hydrogen (secondary N) is 1. The summed E-state index contributed by atoms with van der Waals surface area (Å²) in [5.74, 6) is 1.13. The van der Waals surface area contributed by atoms with Gasteiger partial charge in [0.2, 0.25) is 5.91 Å². The number of hydrogen-bond acceptors (Lipinski definition) is 3. The number of anilines is 1. The van der Waals surface area contributed by atoms with Crippen molar-refractivity contribution in [2.75, 3.05) is 5.32 Å². The Balaban J connectivity index is 1.97. The highest BCUT2D eigenvalue weighted by molar-refractivity contribution is 5.89. The number of carbonyl (C=O) groups excluding carboxylic acids is 1. The van der Waals surface area contributed by atoms with Crippen LogP contribution in [0.2, 0.25) is 0 Å². The topological polar surface area (TPSA) is 51.2 Å². The number of rotatable bonds is 5. The van der Waals surface area contributed by atoms with Crippen molar-refractivity contribution in [3.8, 4) is 5.75 Å². The van der Waals surface area contributed by atoms with E-state index in [0.717, 1.165) is 5.56 Å². The summed E-state index contributed by atoms with van der Waals surface area (Å²) >= 11 is 0. The average Bonchev–Trinajstić information content (AvgIpc) is 2.46. The molecule has 1 aromatic carbocycles. The molecule has 0 spiro atoms. The molecule has 98 valence electrons. The van der Waals surface area contributed by atoms with E-state index in [1.54, 1.807) is 25.3 Å². The molecule has 0 radical (unpaired) electrons. The van der Waals surface area contributed by atoms with Crippen LogP contribution in [-0.4, -0.2) is 10.9 Å². The van der Waals surface area contributed by atoms with Crippen LogP contribution in [0.1, 0.15) is 18.9 Å². The molecule has 1 heterocycles. The van der Waals surface area contributed by atoms with Crippen molar-refractivity contribution in [1.29, 1.82) is 0 Å². The maximum atomic E-state index is 11.3. The zero-order valence-corrected chi connectivity index (χ0v) is 10.8. The lowest BCUT2D eigenvalue weighted by Crippen LogP contribution is -2.10. The van der Waals surface area contributed by atoms with E-state index >= 15 is 0 Å². The maximum absolute atomic E-state index is 11.3. The molecule has 0 bridgehead atoms. The number of amides is 1. The molecule has 1 amide bonds. The minimum atomic E-state index is -0.0623. The Kier molecular flexibility index (Phi) is 4.50. The van der Waals surface area contributed by atoms with E-state index in [-0.39, 0.29) is 5.91 Å². The van der Waals surface area contributed by atoms with Gasteiger partial charge >= 0.3 is 0 Å². The molecule has 0 atom stereocenters. The molecule has 0 saturated heterocycles. The molecule has 0 aliphatic rings. The third-order valence-corrected chi connectivity index (χ3v) is 2.57. The fourth-order valence-electron chi connectivity index (χ4n) is 1.54. The second-order valence-corrected chi connectivity index (χ2v) is 4.05. The Morgan fingerprint density at radius 1 is 1.26 bits per heavy atom. The van der Waals surface area contributed by atoms with Crippen LogP contribution < -0.4 is 10.1 Å². The van der Waals surface area contributed by atoms with Gasteiger partial charge in [0.05, 0.1) is 0 Å².